The first-order chi connectivity index (χ1) is 7.22. The molecule has 0 aromatic carbocycles. The average molecular weight is 212 g/mol. The fourth-order valence-electron chi connectivity index (χ4n) is 2.18. The highest BCUT2D eigenvalue weighted by molar-refractivity contribution is 5.75. The molecule has 0 aromatic heterocycles. The average Bonchev–Trinajstić information content (AvgIpc) is 2.62. The van der Waals surface area contributed by atoms with Crippen LogP contribution in [0, 0.1) is 5.92 Å². The fourth-order valence-corrected chi connectivity index (χ4v) is 2.18. The lowest BCUT2D eigenvalue weighted by Gasteiger charge is -2.10. The van der Waals surface area contributed by atoms with Crippen LogP contribution < -0.4 is 11.1 Å². The van der Waals surface area contributed by atoms with E-state index in [4.69, 9.17) is 5.73 Å². The van der Waals surface area contributed by atoms with Gasteiger partial charge >= 0.3 is 0 Å². The van der Waals surface area contributed by atoms with Gasteiger partial charge in [0, 0.05) is 19.0 Å². The molecule has 15 heavy (non-hydrogen) atoms. The van der Waals surface area contributed by atoms with Crippen LogP contribution in [0.25, 0.3) is 0 Å². The van der Waals surface area contributed by atoms with Gasteiger partial charge in [0.25, 0.3) is 0 Å². The minimum absolute atomic E-state index is 0.212. The van der Waals surface area contributed by atoms with Crippen molar-refractivity contribution in [2.24, 2.45) is 11.7 Å². The summed E-state index contributed by atoms with van der Waals surface area (Å²) in [7, 11) is 0. The molecule has 0 bridgehead atoms. The third-order valence-electron chi connectivity index (χ3n) is 3.18. The Morgan fingerprint density at radius 1 is 1.40 bits per heavy atom. The van der Waals surface area contributed by atoms with Gasteiger partial charge in [-0.15, -0.1) is 0 Å². The third-order valence-corrected chi connectivity index (χ3v) is 3.18. The van der Waals surface area contributed by atoms with Crippen molar-refractivity contribution in [2.75, 3.05) is 6.54 Å². The first kappa shape index (κ1) is 12.5. The largest absolute Gasteiger partial charge is 0.356 e. The molecular formula is C12H24N2O. The maximum absolute atomic E-state index is 11.4. The molecule has 0 aliphatic heterocycles. The highest BCUT2D eigenvalue weighted by atomic mass is 16.1. The molecule has 0 radical (unpaired) electrons. The van der Waals surface area contributed by atoms with Crippen LogP contribution in [0.15, 0.2) is 0 Å². The van der Waals surface area contributed by atoms with Gasteiger partial charge in [0.2, 0.25) is 5.91 Å². The van der Waals surface area contributed by atoms with Crippen LogP contribution >= 0.6 is 0 Å². The van der Waals surface area contributed by atoms with Crippen LogP contribution in [0.1, 0.15) is 51.9 Å². The zero-order valence-electron chi connectivity index (χ0n) is 9.80. The highest BCUT2D eigenvalue weighted by Gasteiger charge is 2.21. The second-order valence-corrected chi connectivity index (χ2v) is 4.70. The van der Waals surface area contributed by atoms with Gasteiger partial charge in [0.15, 0.2) is 0 Å². The Morgan fingerprint density at radius 3 is 2.80 bits per heavy atom. The number of nitrogens with one attached hydrogen (secondary N) is 1. The summed E-state index contributed by atoms with van der Waals surface area (Å²) in [5, 5.41) is 3.01. The van der Waals surface area contributed by atoms with Crippen molar-refractivity contribution in [3.8, 4) is 0 Å². The van der Waals surface area contributed by atoms with Crippen molar-refractivity contribution in [3.63, 3.8) is 0 Å². The minimum atomic E-state index is 0.212. The molecule has 3 heteroatoms. The van der Waals surface area contributed by atoms with Gasteiger partial charge in [-0.25, -0.2) is 0 Å². The molecule has 2 atom stereocenters. The Labute approximate surface area is 92.8 Å². The maximum atomic E-state index is 11.4. The van der Waals surface area contributed by atoms with Crippen molar-refractivity contribution in [2.45, 2.75) is 57.9 Å². The Kier molecular flexibility index (Phi) is 5.69. The molecule has 0 saturated heterocycles. The van der Waals surface area contributed by atoms with Crippen molar-refractivity contribution in [3.05, 3.63) is 0 Å². The summed E-state index contributed by atoms with van der Waals surface area (Å²) in [6.07, 6.45) is 7.41. The van der Waals surface area contributed by atoms with Gasteiger partial charge in [-0.2, -0.15) is 0 Å². The summed E-state index contributed by atoms with van der Waals surface area (Å²) >= 11 is 0. The summed E-state index contributed by atoms with van der Waals surface area (Å²) < 4.78 is 0. The predicted molar refractivity (Wildman–Crippen MR) is 62.5 cm³/mol. The zero-order chi connectivity index (χ0) is 11.1. The quantitative estimate of drug-likeness (QED) is 0.660. The molecule has 1 aliphatic rings. The van der Waals surface area contributed by atoms with E-state index in [2.05, 4.69) is 12.2 Å². The SMILES string of the molecule is CCCCCC(=O)NCC1CCC(N)C1. The van der Waals surface area contributed by atoms with Crippen LogP contribution in [0.3, 0.4) is 0 Å². The molecule has 88 valence electrons. The second-order valence-electron chi connectivity index (χ2n) is 4.70. The van der Waals surface area contributed by atoms with Crippen molar-refractivity contribution < 1.29 is 4.79 Å². The lowest BCUT2D eigenvalue weighted by atomic mass is 10.1. The van der Waals surface area contributed by atoms with Crippen molar-refractivity contribution >= 4 is 5.91 Å². The van der Waals surface area contributed by atoms with Crippen LogP contribution in [-0.4, -0.2) is 18.5 Å². The smallest absolute Gasteiger partial charge is 0.220 e. The topological polar surface area (TPSA) is 55.1 Å². The summed E-state index contributed by atoms with van der Waals surface area (Å²) in [6, 6.07) is 0.368. The number of carbonyl (C=O) groups is 1. The van der Waals surface area contributed by atoms with Gasteiger partial charge in [-0.05, 0) is 31.6 Å². The number of carbonyl (C=O) groups excluding carboxylic acids is 1. The molecule has 1 rings (SSSR count). The Hall–Kier alpha value is -0.570. The van der Waals surface area contributed by atoms with Crippen molar-refractivity contribution in [1.82, 2.24) is 5.32 Å². The van der Waals surface area contributed by atoms with Crippen LogP contribution in [-0.2, 0) is 4.79 Å². The number of unbranched alkanes of at least 4 members (excludes halogenated alkanes) is 2. The first-order valence-corrected chi connectivity index (χ1v) is 6.24. The van der Waals surface area contributed by atoms with Crippen LogP contribution in [0.4, 0.5) is 0 Å². The van der Waals surface area contributed by atoms with Gasteiger partial charge in [0.05, 0.1) is 0 Å². The Balaban J connectivity index is 2.01. The number of hydrogen-bond acceptors (Lipinski definition) is 2. The van der Waals surface area contributed by atoms with E-state index in [0.717, 1.165) is 32.2 Å². The molecule has 0 spiro atoms. The van der Waals surface area contributed by atoms with Gasteiger partial charge in [-0.3, -0.25) is 4.79 Å². The third kappa shape index (κ3) is 5.17. The van der Waals surface area contributed by atoms with Crippen molar-refractivity contribution in [1.29, 1.82) is 0 Å². The van der Waals surface area contributed by atoms with E-state index < -0.39 is 0 Å². The molecule has 3 nitrogen and oxygen atoms in total. The minimum Gasteiger partial charge on any atom is -0.356 e. The second kappa shape index (κ2) is 6.83. The molecule has 3 N–H and O–H groups in total. The number of rotatable bonds is 6. The summed E-state index contributed by atoms with van der Waals surface area (Å²) in [6.45, 7) is 2.98. The summed E-state index contributed by atoms with van der Waals surface area (Å²) in [5.41, 5.74) is 5.82. The molecule has 1 aliphatic carbocycles. The zero-order valence-corrected chi connectivity index (χ0v) is 9.80. The molecule has 1 amide bonds. The van der Waals surface area contributed by atoms with Crippen LogP contribution in [0.5, 0.6) is 0 Å². The highest BCUT2D eigenvalue weighted by Crippen LogP contribution is 2.23. The number of amides is 1. The van der Waals surface area contributed by atoms with Gasteiger partial charge < -0.3 is 11.1 Å². The van der Waals surface area contributed by atoms with E-state index in [9.17, 15) is 4.79 Å². The molecule has 2 unspecified atom stereocenters. The van der Waals surface area contributed by atoms with E-state index in [-0.39, 0.29) is 5.91 Å². The number of hydrogen-bond donors (Lipinski definition) is 2. The van der Waals surface area contributed by atoms with E-state index in [1.807, 2.05) is 0 Å². The normalized spacial score (nSPS) is 25.5. The first-order valence-electron chi connectivity index (χ1n) is 6.24. The van der Waals surface area contributed by atoms with Crippen LogP contribution in [0.2, 0.25) is 0 Å². The van der Waals surface area contributed by atoms with Gasteiger partial charge in [-0.1, -0.05) is 19.8 Å². The monoisotopic (exact) mass is 212 g/mol. The molecular weight excluding hydrogens is 188 g/mol. The standard InChI is InChI=1S/C12H24N2O/c1-2-3-4-5-12(15)14-9-10-6-7-11(13)8-10/h10-11H,2-9,13H2,1H3,(H,14,15). The van der Waals surface area contributed by atoms with E-state index in [1.165, 1.54) is 12.8 Å². The summed E-state index contributed by atoms with van der Waals surface area (Å²) in [5.74, 6) is 0.832. The Bertz CT molecular complexity index is 194. The predicted octanol–water partition coefficient (Wildman–Crippen LogP) is 1.81. The maximum Gasteiger partial charge on any atom is 0.220 e. The molecule has 0 aromatic rings. The lowest BCUT2D eigenvalue weighted by molar-refractivity contribution is -0.121. The molecule has 1 fully saturated rings. The Morgan fingerprint density at radius 2 is 2.20 bits per heavy atom. The molecule has 0 heterocycles. The fraction of sp³-hybridized carbons (Fsp3) is 0.917. The summed E-state index contributed by atoms with van der Waals surface area (Å²) in [4.78, 5) is 11.4. The van der Waals surface area contributed by atoms with E-state index >= 15 is 0 Å². The number of nitrogens with two attached hydrogens (primary N) is 1. The van der Waals surface area contributed by atoms with Gasteiger partial charge in [0.1, 0.15) is 0 Å². The van der Waals surface area contributed by atoms with E-state index in [1.54, 1.807) is 0 Å². The lowest BCUT2D eigenvalue weighted by Crippen LogP contribution is -2.28. The van der Waals surface area contributed by atoms with E-state index in [0.29, 0.717) is 18.4 Å². The molecule has 1 saturated carbocycles.